The van der Waals surface area contributed by atoms with E-state index in [1.54, 1.807) is 24.3 Å². The van der Waals surface area contributed by atoms with Crippen molar-refractivity contribution < 1.29 is 9.53 Å². The first kappa shape index (κ1) is 14.4. The summed E-state index contributed by atoms with van der Waals surface area (Å²) in [6.07, 6.45) is 1.58. The molecule has 1 N–H and O–H groups in total. The second-order valence-electron chi connectivity index (χ2n) is 3.66. The Morgan fingerprint density at radius 3 is 2.78 bits per heavy atom. The van der Waals surface area contributed by atoms with Crippen molar-refractivity contribution in [3.63, 3.8) is 0 Å². The summed E-state index contributed by atoms with van der Waals surface area (Å²) in [5.41, 5.74) is 0.411. The van der Waals surface area contributed by atoms with E-state index < -0.39 is 0 Å². The summed E-state index contributed by atoms with van der Waals surface area (Å²) < 4.78 is 4.92. The molecule has 0 bridgehead atoms. The molecule has 6 heteroatoms. The zero-order chi connectivity index (χ0) is 13.4. The van der Waals surface area contributed by atoms with Gasteiger partial charge in [0.25, 0.3) is 5.91 Å². The molecule has 0 aliphatic carbocycles. The minimum Gasteiger partial charge on any atom is -0.383 e. The first-order valence-electron chi connectivity index (χ1n) is 6.08. The van der Waals surface area contributed by atoms with Gasteiger partial charge >= 0.3 is 0 Å². The lowest BCUT2D eigenvalue weighted by atomic mass is 10.3. The number of nitrogens with zero attached hydrogens (tertiary/aromatic N) is 3. The molecule has 0 aliphatic heterocycles. The highest BCUT2D eigenvalue weighted by molar-refractivity contribution is 5.92. The summed E-state index contributed by atoms with van der Waals surface area (Å²) in [6, 6.07) is 1.63. The standard InChI is InChI=1S/C12H20N4O2/c1-4-16(5-2)11(17)10-6-7-13-12(15-10)14-8-9-18-3/h6-7H,4-5,8-9H2,1-3H3,(H,13,14,15). The van der Waals surface area contributed by atoms with Gasteiger partial charge in [0.2, 0.25) is 5.95 Å². The molecule has 100 valence electrons. The van der Waals surface area contributed by atoms with Crippen molar-refractivity contribution in [1.29, 1.82) is 0 Å². The molecule has 0 spiro atoms. The molecule has 0 fully saturated rings. The van der Waals surface area contributed by atoms with Crippen molar-refractivity contribution in [1.82, 2.24) is 14.9 Å². The van der Waals surface area contributed by atoms with E-state index in [0.29, 0.717) is 37.9 Å². The van der Waals surface area contributed by atoms with Crippen LogP contribution in [-0.2, 0) is 4.74 Å². The van der Waals surface area contributed by atoms with Crippen molar-refractivity contribution in [3.8, 4) is 0 Å². The van der Waals surface area contributed by atoms with Gasteiger partial charge in [-0.25, -0.2) is 9.97 Å². The van der Waals surface area contributed by atoms with Crippen molar-refractivity contribution in [2.24, 2.45) is 0 Å². The molecular weight excluding hydrogens is 232 g/mol. The first-order valence-corrected chi connectivity index (χ1v) is 6.08. The molecule has 0 saturated carbocycles. The molecule has 1 heterocycles. The molecule has 0 unspecified atom stereocenters. The molecule has 1 aromatic rings. The number of carbonyl (C=O) groups excluding carboxylic acids is 1. The Labute approximate surface area is 107 Å². The van der Waals surface area contributed by atoms with E-state index in [9.17, 15) is 4.79 Å². The molecule has 1 amide bonds. The van der Waals surface area contributed by atoms with Crippen LogP contribution >= 0.6 is 0 Å². The topological polar surface area (TPSA) is 67.4 Å². The van der Waals surface area contributed by atoms with Gasteiger partial charge in [-0.15, -0.1) is 0 Å². The highest BCUT2D eigenvalue weighted by Gasteiger charge is 2.14. The normalized spacial score (nSPS) is 10.2. The minimum absolute atomic E-state index is 0.0720. The van der Waals surface area contributed by atoms with Crippen LogP contribution in [0.2, 0.25) is 0 Å². The van der Waals surface area contributed by atoms with E-state index in [-0.39, 0.29) is 5.91 Å². The minimum atomic E-state index is -0.0720. The van der Waals surface area contributed by atoms with E-state index in [1.165, 1.54) is 0 Å². The summed E-state index contributed by atoms with van der Waals surface area (Å²) in [7, 11) is 1.63. The molecule has 0 aromatic carbocycles. The molecule has 0 aliphatic rings. The number of nitrogens with one attached hydrogen (secondary N) is 1. The van der Waals surface area contributed by atoms with Crippen LogP contribution in [0.25, 0.3) is 0 Å². The van der Waals surface area contributed by atoms with Crippen molar-refractivity contribution >= 4 is 11.9 Å². The Morgan fingerprint density at radius 1 is 1.44 bits per heavy atom. The number of rotatable bonds is 7. The lowest BCUT2D eigenvalue weighted by molar-refractivity contribution is 0.0767. The van der Waals surface area contributed by atoms with Crippen LogP contribution in [0.1, 0.15) is 24.3 Å². The number of ether oxygens (including phenoxy) is 1. The fraction of sp³-hybridized carbons (Fsp3) is 0.583. The summed E-state index contributed by atoms with van der Waals surface area (Å²) in [4.78, 5) is 22.0. The van der Waals surface area contributed by atoms with Gasteiger partial charge in [0.05, 0.1) is 6.61 Å². The molecule has 0 saturated heterocycles. The quantitative estimate of drug-likeness (QED) is 0.734. The van der Waals surface area contributed by atoms with Crippen LogP contribution in [0.5, 0.6) is 0 Å². The number of carbonyl (C=O) groups is 1. The van der Waals surface area contributed by atoms with E-state index in [1.807, 2.05) is 13.8 Å². The maximum atomic E-state index is 12.1. The number of hydrogen-bond acceptors (Lipinski definition) is 5. The summed E-state index contributed by atoms with van der Waals surface area (Å²) >= 11 is 0. The van der Waals surface area contributed by atoms with Crippen molar-refractivity contribution in [3.05, 3.63) is 18.0 Å². The first-order chi connectivity index (χ1) is 8.72. The predicted molar refractivity (Wildman–Crippen MR) is 69.6 cm³/mol. The molecule has 0 radical (unpaired) electrons. The lowest BCUT2D eigenvalue weighted by Gasteiger charge is -2.18. The van der Waals surface area contributed by atoms with Gasteiger partial charge < -0.3 is 15.0 Å². The number of amides is 1. The average Bonchev–Trinajstić information content (AvgIpc) is 2.41. The van der Waals surface area contributed by atoms with Gasteiger partial charge in [-0.3, -0.25) is 4.79 Å². The maximum Gasteiger partial charge on any atom is 0.272 e. The Hall–Kier alpha value is -1.69. The molecule has 1 rings (SSSR count). The average molecular weight is 252 g/mol. The van der Waals surface area contributed by atoms with Crippen LogP contribution in [-0.4, -0.2) is 54.1 Å². The van der Waals surface area contributed by atoms with Crippen LogP contribution in [0.15, 0.2) is 12.3 Å². The Bertz CT molecular complexity index is 380. The largest absolute Gasteiger partial charge is 0.383 e. The highest BCUT2D eigenvalue weighted by Crippen LogP contribution is 2.04. The molecule has 1 aromatic heterocycles. The fourth-order valence-electron chi connectivity index (χ4n) is 1.50. The monoisotopic (exact) mass is 252 g/mol. The maximum absolute atomic E-state index is 12.1. The SMILES string of the molecule is CCN(CC)C(=O)c1ccnc(NCCOC)n1. The Balaban J connectivity index is 2.71. The molecular formula is C12H20N4O2. The van der Waals surface area contributed by atoms with Gasteiger partial charge in [0.1, 0.15) is 5.69 Å². The second kappa shape index (κ2) is 7.60. The smallest absolute Gasteiger partial charge is 0.272 e. The van der Waals surface area contributed by atoms with E-state index >= 15 is 0 Å². The number of aromatic nitrogens is 2. The zero-order valence-electron chi connectivity index (χ0n) is 11.1. The van der Waals surface area contributed by atoms with Gasteiger partial charge in [0.15, 0.2) is 0 Å². The van der Waals surface area contributed by atoms with Crippen LogP contribution < -0.4 is 5.32 Å². The van der Waals surface area contributed by atoms with E-state index in [2.05, 4.69) is 15.3 Å². The van der Waals surface area contributed by atoms with Gasteiger partial charge in [-0.1, -0.05) is 0 Å². The van der Waals surface area contributed by atoms with E-state index in [0.717, 1.165) is 0 Å². The fourth-order valence-corrected chi connectivity index (χ4v) is 1.50. The van der Waals surface area contributed by atoms with Crippen molar-refractivity contribution in [2.75, 3.05) is 38.7 Å². The number of anilines is 1. The zero-order valence-corrected chi connectivity index (χ0v) is 11.1. The van der Waals surface area contributed by atoms with E-state index in [4.69, 9.17) is 4.74 Å². The summed E-state index contributed by atoms with van der Waals surface area (Å²) in [6.45, 7) is 6.41. The third-order valence-corrected chi connectivity index (χ3v) is 2.51. The van der Waals surface area contributed by atoms with Crippen LogP contribution in [0.3, 0.4) is 0 Å². The van der Waals surface area contributed by atoms with Gasteiger partial charge in [-0.05, 0) is 19.9 Å². The second-order valence-corrected chi connectivity index (χ2v) is 3.66. The predicted octanol–water partition coefficient (Wildman–Crippen LogP) is 1.02. The Kier molecular flexibility index (Phi) is 6.07. The summed E-state index contributed by atoms with van der Waals surface area (Å²) in [5, 5.41) is 3.00. The third-order valence-electron chi connectivity index (χ3n) is 2.51. The number of hydrogen-bond donors (Lipinski definition) is 1. The molecule has 18 heavy (non-hydrogen) atoms. The lowest BCUT2D eigenvalue weighted by Crippen LogP contribution is -2.31. The van der Waals surface area contributed by atoms with Gasteiger partial charge in [0, 0.05) is 32.9 Å². The van der Waals surface area contributed by atoms with Gasteiger partial charge in [-0.2, -0.15) is 0 Å². The summed E-state index contributed by atoms with van der Waals surface area (Å²) in [5.74, 6) is 0.377. The molecule has 6 nitrogen and oxygen atoms in total. The van der Waals surface area contributed by atoms with Crippen molar-refractivity contribution in [2.45, 2.75) is 13.8 Å². The third kappa shape index (κ3) is 3.96. The van der Waals surface area contributed by atoms with Crippen LogP contribution in [0.4, 0.5) is 5.95 Å². The number of methoxy groups -OCH3 is 1. The highest BCUT2D eigenvalue weighted by atomic mass is 16.5. The van der Waals surface area contributed by atoms with Crippen LogP contribution in [0, 0.1) is 0 Å². The molecule has 0 atom stereocenters. The Morgan fingerprint density at radius 2 is 2.17 bits per heavy atom.